The van der Waals surface area contributed by atoms with Crippen LogP contribution in [0.2, 0.25) is 0 Å². The number of amides is 1. The fraction of sp³-hybridized carbons (Fsp3) is 0.476. The fourth-order valence-electron chi connectivity index (χ4n) is 4.12. The Morgan fingerprint density at radius 2 is 1.96 bits per heavy atom. The summed E-state index contributed by atoms with van der Waals surface area (Å²) in [5.74, 6) is -0.790. The highest BCUT2D eigenvalue weighted by atomic mass is 32.1. The lowest BCUT2D eigenvalue weighted by molar-refractivity contribution is -0.139. The highest BCUT2D eigenvalue weighted by Crippen LogP contribution is 2.59. The van der Waals surface area contributed by atoms with Crippen molar-refractivity contribution in [2.24, 2.45) is 11.3 Å². The summed E-state index contributed by atoms with van der Waals surface area (Å²) in [5, 5.41) is 12.1. The molecule has 1 amide bonds. The van der Waals surface area contributed by atoms with E-state index in [1.807, 2.05) is 10.3 Å². The fourth-order valence-corrected chi connectivity index (χ4v) is 4.95. The van der Waals surface area contributed by atoms with Gasteiger partial charge >= 0.3 is 5.97 Å². The number of piperidine rings is 1. The molecule has 1 saturated carbocycles. The van der Waals surface area contributed by atoms with Crippen molar-refractivity contribution in [3.05, 3.63) is 40.9 Å². The van der Waals surface area contributed by atoms with Gasteiger partial charge in [0.25, 0.3) is 0 Å². The van der Waals surface area contributed by atoms with Crippen LogP contribution in [0.5, 0.6) is 0 Å². The van der Waals surface area contributed by atoms with E-state index in [0.717, 1.165) is 41.9 Å². The van der Waals surface area contributed by atoms with Gasteiger partial charge < -0.3 is 10.0 Å². The number of likely N-dealkylation sites (tertiary alicyclic amines) is 1. The maximum absolute atomic E-state index is 12.6. The van der Waals surface area contributed by atoms with Gasteiger partial charge in [-0.05, 0) is 36.7 Å². The number of aromatic nitrogens is 1. The maximum atomic E-state index is 12.6. The van der Waals surface area contributed by atoms with Crippen LogP contribution in [-0.4, -0.2) is 40.0 Å². The minimum atomic E-state index is -0.684. The van der Waals surface area contributed by atoms with E-state index in [9.17, 15) is 14.7 Å². The number of hydrogen-bond donors (Lipinski definition) is 1. The molecule has 1 aliphatic carbocycles. The standard InChI is InChI=1S/C21H24N2O3S/c1-2-14-3-5-15(6-4-14)19-22-16(13-27-19)11-18(24)23-9-7-21(8-10-23)12-17(21)20(25)26/h3-6,13,17H,2,7-12H2,1H3,(H,25,26). The van der Waals surface area contributed by atoms with Crippen molar-refractivity contribution in [3.63, 3.8) is 0 Å². The number of carboxylic acid groups (broad SMARTS) is 1. The van der Waals surface area contributed by atoms with Crippen LogP contribution in [0.1, 0.15) is 37.4 Å². The first-order chi connectivity index (χ1) is 13.0. The summed E-state index contributed by atoms with van der Waals surface area (Å²) in [6, 6.07) is 8.41. The quantitative estimate of drug-likeness (QED) is 0.855. The molecular formula is C21H24N2O3S. The predicted octanol–water partition coefficient (Wildman–Crippen LogP) is 3.63. The van der Waals surface area contributed by atoms with Crippen molar-refractivity contribution in [1.82, 2.24) is 9.88 Å². The summed E-state index contributed by atoms with van der Waals surface area (Å²) in [4.78, 5) is 30.3. The van der Waals surface area contributed by atoms with E-state index in [1.165, 1.54) is 5.56 Å². The Bertz CT molecular complexity index is 851. The molecule has 1 aromatic heterocycles. The average Bonchev–Trinajstić information content (AvgIpc) is 3.18. The number of thiazole rings is 1. The molecule has 5 nitrogen and oxygen atoms in total. The summed E-state index contributed by atoms with van der Waals surface area (Å²) >= 11 is 1.57. The number of rotatable bonds is 5. The number of carbonyl (C=O) groups is 2. The Morgan fingerprint density at radius 3 is 2.56 bits per heavy atom. The Hall–Kier alpha value is -2.21. The summed E-state index contributed by atoms with van der Waals surface area (Å²) in [6.45, 7) is 3.46. The lowest BCUT2D eigenvalue weighted by atomic mass is 9.90. The van der Waals surface area contributed by atoms with Gasteiger partial charge in [0.2, 0.25) is 5.91 Å². The first kappa shape index (κ1) is 18.2. The van der Waals surface area contributed by atoms with Gasteiger partial charge in [0.15, 0.2) is 0 Å². The smallest absolute Gasteiger partial charge is 0.307 e. The molecule has 142 valence electrons. The second kappa shape index (κ2) is 7.08. The zero-order chi connectivity index (χ0) is 19.0. The van der Waals surface area contributed by atoms with E-state index in [2.05, 4.69) is 36.2 Å². The normalized spacial score (nSPS) is 20.6. The maximum Gasteiger partial charge on any atom is 0.307 e. The Balaban J connectivity index is 1.34. The number of carbonyl (C=O) groups excluding carboxylic acids is 1. The van der Waals surface area contributed by atoms with Gasteiger partial charge in [0.05, 0.1) is 18.0 Å². The Labute approximate surface area is 163 Å². The van der Waals surface area contributed by atoms with Gasteiger partial charge in [-0.15, -0.1) is 11.3 Å². The molecule has 0 radical (unpaired) electrons. The Kier molecular flexibility index (Phi) is 4.76. The van der Waals surface area contributed by atoms with Crippen molar-refractivity contribution in [2.75, 3.05) is 13.1 Å². The molecule has 2 fully saturated rings. The zero-order valence-electron chi connectivity index (χ0n) is 15.5. The number of hydrogen-bond acceptors (Lipinski definition) is 4. The van der Waals surface area contributed by atoms with Gasteiger partial charge in [0, 0.05) is 24.0 Å². The van der Waals surface area contributed by atoms with Crippen LogP contribution >= 0.6 is 11.3 Å². The first-order valence-electron chi connectivity index (χ1n) is 9.55. The second-order valence-electron chi connectivity index (χ2n) is 7.71. The molecule has 6 heteroatoms. The lowest BCUT2D eigenvalue weighted by Gasteiger charge is -2.32. The lowest BCUT2D eigenvalue weighted by Crippen LogP contribution is -2.40. The first-order valence-corrected chi connectivity index (χ1v) is 10.4. The summed E-state index contributed by atoms with van der Waals surface area (Å²) in [7, 11) is 0. The summed E-state index contributed by atoms with van der Waals surface area (Å²) < 4.78 is 0. The Morgan fingerprint density at radius 1 is 1.26 bits per heavy atom. The summed E-state index contributed by atoms with van der Waals surface area (Å²) in [5.41, 5.74) is 3.16. The minimum Gasteiger partial charge on any atom is -0.481 e. The van der Waals surface area contributed by atoms with Gasteiger partial charge in [-0.2, -0.15) is 0 Å². The van der Waals surface area contributed by atoms with Crippen LogP contribution in [-0.2, 0) is 22.4 Å². The van der Waals surface area contributed by atoms with Crippen molar-refractivity contribution in [2.45, 2.75) is 39.0 Å². The number of aliphatic carboxylic acids is 1. The molecule has 1 aromatic carbocycles. The van der Waals surface area contributed by atoms with Crippen LogP contribution in [0.4, 0.5) is 0 Å². The van der Waals surface area contributed by atoms with E-state index in [4.69, 9.17) is 0 Å². The third-order valence-corrected chi connectivity index (χ3v) is 7.03. The van der Waals surface area contributed by atoms with Crippen LogP contribution in [0.25, 0.3) is 10.6 Å². The van der Waals surface area contributed by atoms with E-state index in [1.54, 1.807) is 11.3 Å². The second-order valence-corrected chi connectivity index (χ2v) is 8.57. The molecule has 1 N–H and O–H groups in total. The molecule has 1 saturated heterocycles. The molecule has 2 aliphatic rings. The molecule has 2 heterocycles. The number of benzene rings is 1. The van der Waals surface area contributed by atoms with Gasteiger partial charge in [0.1, 0.15) is 5.01 Å². The highest BCUT2D eigenvalue weighted by Gasteiger charge is 2.59. The van der Waals surface area contributed by atoms with Crippen molar-refractivity contribution in [3.8, 4) is 10.6 Å². The summed E-state index contributed by atoms with van der Waals surface area (Å²) in [6.07, 6.45) is 3.72. The molecule has 0 bridgehead atoms. The third-order valence-electron chi connectivity index (χ3n) is 6.09. The third kappa shape index (κ3) is 3.63. The van der Waals surface area contributed by atoms with E-state index < -0.39 is 5.97 Å². The average molecular weight is 385 g/mol. The SMILES string of the molecule is CCc1ccc(-c2nc(CC(=O)N3CCC4(CC3)CC4C(=O)O)cs2)cc1. The van der Waals surface area contributed by atoms with Crippen LogP contribution < -0.4 is 0 Å². The van der Waals surface area contributed by atoms with E-state index >= 15 is 0 Å². The van der Waals surface area contributed by atoms with Crippen molar-refractivity contribution < 1.29 is 14.7 Å². The number of carboxylic acids is 1. The van der Waals surface area contributed by atoms with Gasteiger partial charge in [-0.3, -0.25) is 9.59 Å². The van der Waals surface area contributed by atoms with Crippen molar-refractivity contribution in [1.29, 1.82) is 0 Å². The zero-order valence-corrected chi connectivity index (χ0v) is 16.3. The van der Waals surface area contributed by atoms with Crippen LogP contribution in [0.3, 0.4) is 0 Å². The number of nitrogens with zero attached hydrogens (tertiary/aromatic N) is 2. The molecule has 2 aromatic rings. The molecule has 1 atom stereocenters. The van der Waals surface area contributed by atoms with Crippen LogP contribution in [0.15, 0.2) is 29.6 Å². The largest absolute Gasteiger partial charge is 0.481 e. The number of aryl methyl sites for hydroxylation is 1. The topological polar surface area (TPSA) is 70.5 Å². The van der Waals surface area contributed by atoms with Crippen molar-refractivity contribution >= 4 is 23.2 Å². The molecular weight excluding hydrogens is 360 g/mol. The minimum absolute atomic E-state index is 0.0406. The van der Waals surface area contributed by atoms with Gasteiger partial charge in [-0.25, -0.2) is 4.98 Å². The molecule has 1 unspecified atom stereocenters. The molecule has 1 spiro atoms. The van der Waals surface area contributed by atoms with E-state index in [-0.39, 0.29) is 17.2 Å². The monoisotopic (exact) mass is 384 g/mol. The molecule has 27 heavy (non-hydrogen) atoms. The highest BCUT2D eigenvalue weighted by molar-refractivity contribution is 7.13. The molecule has 4 rings (SSSR count). The predicted molar refractivity (Wildman–Crippen MR) is 105 cm³/mol. The van der Waals surface area contributed by atoms with Crippen LogP contribution in [0, 0.1) is 11.3 Å². The molecule has 1 aliphatic heterocycles. The van der Waals surface area contributed by atoms with E-state index in [0.29, 0.717) is 19.5 Å². The van der Waals surface area contributed by atoms with Gasteiger partial charge in [-0.1, -0.05) is 31.2 Å².